The van der Waals surface area contributed by atoms with Crippen LogP contribution in [0.25, 0.3) is 0 Å². The maximum atomic E-state index is 13.9. The van der Waals surface area contributed by atoms with Crippen LogP contribution in [0.3, 0.4) is 0 Å². The Balaban J connectivity index is 1.96. The van der Waals surface area contributed by atoms with Crippen molar-refractivity contribution in [2.75, 3.05) is 6.54 Å². The average Bonchev–Trinajstić information content (AvgIpc) is 2.96. The van der Waals surface area contributed by atoms with Gasteiger partial charge >= 0.3 is 0 Å². The van der Waals surface area contributed by atoms with Crippen LogP contribution in [0.2, 0.25) is 5.02 Å². The number of benzene rings is 1. The van der Waals surface area contributed by atoms with Gasteiger partial charge in [0.25, 0.3) is 5.91 Å². The molecule has 0 spiro atoms. The molecular weight excluding hydrogens is 291 g/mol. The van der Waals surface area contributed by atoms with E-state index in [9.17, 15) is 9.18 Å². The number of carbonyl (C=O) groups is 1. The zero-order valence-electron chi connectivity index (χ0n) is 11.7. The van der Waals surface area contributed by atoms with Gasteiger partial charge in [0.1, 0.15) is 5.82 Å². The van der Waals surface area contributed by atoms with Gasteiger partial charge in [-0.25, -0.2) is 4.39 Å². The molecule has 1 aliphatic rings. The van der Waals surface area contributed by atoms with E-state index in [1.54, 1.807) is 4.90 Å². The van der Waals surface area contributed by atoms with E-state index in [1.165, 1.54) is 18.2 Å². The van der Waals surface area contributed by atoms with Crippen molar-refractivity contribution in [2.45, 2.75) is 25.9 Å². The third-order valence-corrected chi connectivity index (χ3v) is 4.21. The minimum atomic E-state index is -0.528. The Bertz CT molecular complexity index is 683. The van der Waals surface area contributed by atoms with Gasteiger partial charge in [0.2, 0.25) is 0 Å². The number of fused-ring (bicyclic) bond motifs is 1. The Morgan fingerprint density at radius 3 is 2.95 bits per heavy atom. The Morgan fingerprint density at radius 2 is 2.19 bits per heavy atom. The number of hydrogen-bond acceptors (Lipinski definition) is 1. The second-order valence-electron chi connectivity index (χ2n) is 5.17. The molecule has 0 saturated carbocycles. The summed E-state index contributed by atoms with van der Waals surface area (Å²) in [5, 5.41) is 0.369. The van der Waals surface area contributed by atoms with Crippen molar-refractivity contribution in [3.05, 3.63) is 58.6 Å². The van der Waals surface area contributed by atoms with Crippen molar-refractivity contribution < 1.29 is 9.18 Å². The molecule has 110 valence electrons. The van der Waals surface area contributed by atoms with Crippen LogP contribution in [0.4, 0.5) is 4.39 Å². The standard InChI is InChI=1S/C16H16ClFN2O/c1-2-14-15-4-3-7-19(15)8-9-20(14)16(21)12-10-11(17)5-6-13(12)18/h3-7,10,14H,2,8-9H2,1H3. The molecule has 2 heterocycles. The first-order valence-corrected chi connectivity index (χ1v) is 7.40. The minimum absolute atomic E-state index is 0.0281. The SMILES string of the molecule is CCC1c2cccn2CCN1C(=O)c1cc(Cl)ccc1F. The van der Waals surface area contributed by atoms with E-state index in [4.69, 9.17) is 11.6 Å². The van der Waals surface area contributed by atoms with Gasteiger partial charge in [0.05, 0.1) is 11.6 Å². The monoisotopic (exact) mass is 306 g/mol. The number of carbonyl (C=O) groups excluding carboxylic acids is 1. The Kier molecular flexibility index (Phi) is 3.72. The molecule has 0 bridgehead atoms. The molecule has 1 amide bonds. The highest BCUT2D eigenvalue weighted by Crippen LogP contribution is 2.30. The Hall–Kier alpha value is -1.81. The fourth-order valence-corrected chi connectivity index (χ4v) is 3.13. The van der Waals surface area contributed by atoms with E-state index in [-0.39, 0.29) is 17.5 Å². The first-order valence-electron chi connectivity index (χ1n) is 7.03. The Labute approximate surface area is 127 Å². The molecule has 0 N–H and O–H groups in total. The number of aromatic nitrogens is 1. The van der Waals surface area contributed by atoms with Crippen molar-refractivity contribution in [2.24, 2.45) is 0 Å². The number of nitrogens with zero attached hydrogens (tertiary/aromatic N) is 2. The molecule has 0 aliphatic carbocycles. The summed E-state index contributed by atoms with van der Waals surface area (Å²) >= 11 is 5.89. The van der Waals surface area contributed by atoms with Crippen LogP contribution < -0.4 is 0 Å². The lowest BCUT2D eigenvalue weighted by atomic mass is 10.0. The fourth-order valence-electron chi connectivity index (χ4n) is 2.95. The van der Waals surface area contributed by atoms with E-state index in [0.29, 0.717) is 11.6 Å². The van der Waals surface area contributed by atoms with E-state index in [0.717, 1.165) is 18.7 Å². The number of rotatable bonds is 2. The molecule has 2 aromatic rings. The lowest BCUT2D eigenvalue weighted by molar-refractivity contribution is 0.0613. The van der Waals surface area contributed by atoms with Gasteiger partial charge in [0, 0.05) is 30.0 Å². The van der Waals surface area contributed by atoms with Crippen molar-refractivity contribution >= 4 is 17.5 Å². The van der Waals surface area contributed by atoms with E-state index >= 15 is 0 Å². The van der Waals surface area contributed by atoms with Gasteiger partial charge in [-0.1, -0.05) is 18.5 Å². The average molecular weight is 307 g/mol. The molecule has 1 aromatic carbocycles. The Morgan fingerprint density at radius 1 is 1.38 bits per heavy atom. The first-order chi connectivity index (χ1) is 10.1. The summed E-state index contributed by atoms with van der Waals surface area (Å²) in [6.45, 7) is 3.33. The second-order valence-corrected chi connectivity index (χ2v) is 5.61. The van der Waals surface area contributed by atoms with Gasteiger partial charge in [-0.05, 0) is 36.8 Å². The van der Waals surface area contributed by atoms with Crippen LogP contribution in [0.1, 0.15) is 35.4 Å². The quantitative estimate of drug-likeness (QED) is 0.826. The third kappa shape index (κ3) is 2.44. The highest BCUT2D eigenvalue weighted by molar-refractivity contribution is 6.31. The first kappa shape index (κ1) is 14.1. The highest BCUT2D eigenvalue weighted by atomic mass is 35.5. The van der Waals surface area contributed by atoms with E-state index in [2.05, 4.69) is 4.57 Å². The van der Waals surface area contributed by atoms with E-state index < -0.39 is 5.82 Å². The molecule has 1 atom stereocenters. The molecular formula is C16H16ClFN2O. The predicted molar refractivity (Wildman–Crippen MR) is 79.9 cm³/mol. The normalized spacial score (nSPS) is 17.7. The lowest BCUT2D eigenvalue weighted by Gasteiger charge is -2.36. The van der Waals surface area contributed by atoms with Gasteiger partial charge < -0.3 is 9.47 Å². The summed E-state index contributed by atoms with van der Waals surface area (Å²) < 4.78 is 16.1. The molecule has 1 aromatic heterocycles. The molecule has 1 unspecified atom stereocenters. The molecule has 0 radical (unpaired) electrons. The van der Waals surface area contributed by atoms with Crippen molar-refractivity contribution in [3.8, 4) is 0 Å². The minimum Gasteiger partial charge on any atom is -0.348 e. The summed E-state index contributed by atoms with van der Waals surface area (Å²) in [6.07, 6.45) is 2.80. The molecule has 21 heavy (non-hydrogen) atoms. The van der Waals surface area contributed by atoms with Crippen LogP contribution in [-0.2, 0) is 6.54 Å². The molecule has 3 rings (SSSR count). The number of halogens is 2. The van der Waals surface area contributed by atoms with E-state index in [1.807, 2.05) is 25.3 Å². The molecule has 5 heteroatoms. The topological polar surface area (TPSA) is 25.2 Å². The van der Waals surface area contributed by atoms with Gasteiger partial charge in [-0.3, -0.25) is 4.79 Å². The van der Waals surface area contributed by atoms with Gasteiger partial charge in [0.15, 0.2) is 0 Å². The van der Waals surface area contributed by atoms with Crippen LogP contribution >= 0.6 is 11.6 Å². The summed E-state index contributed by atoms with van der Waals surface area (Å²) in [5.74, 6) is -0.825. The zero-order valence-corrected chi connectivity index (χ0v) is 12.5. The van der Waals surface area contributed by atoms with Crippen LogP contribution in [0.5, 0.6) is 0 Å². The fraction of sp³-hybridized carbons (Fsp3) is 0.312. The lowest BCUT2D eigenvalue weighted by Crippen LogP contribution is -2.42. The number of amides is 1. The molecule has 3 nitrogen and oxygen atoms in total. The smallest absolute Gasteiger partial charge is 0.257 e. The molecule has 1 aliphatic heterocycles. The summed E-state index contributed by atoms with van der Waals surface area (Å²) in [7, 11) is 0. The van der Waals surface area contributed by atoms with Crippen LogP contribution in [0, 0.1) is 5.82 Å². The van der Waals surface area contributed by atoms with Crippen LogP contribution in [-0.4, -0.2) is 21.9 Å². The summed E-state index contributed by atoms with van der Waals surface area (Å²) in [4.78, 5) is 14.4. The van der Waals surface area contributed by atoms with Gasteiger partial charge in [-0.2, -0.15) is 0 Å². The molecule has 0 fully saturated rings. The second kappa shape index (κ2) is 5.53. The van der Waals surface area contributed by atoms with Gasteiger partial charge in [-0.15, -0.1) is 0 Å². The largest absolute Gasteiger partial charge is 0.348 e. The van der Waals surface area contributed by atoms with Crippen molar-refractivity contribution in [3.63, 3.8) is 0 Å². The third-order valence-electron chi connectivity index (χ3n) is 3.97. The number of hydrogen-bond donors (Lipinski definition) is 0. The predicted octanol–water partition coefficient (Wildman–Crippen LogP) is 3.89. The molecule has 0 saturated heterocycles. The highest BCUT2D eigenvalue weighted by Gasteiger charge is 2.31. The maximum absolute atomic E-state index is 13.9. The zero-order chi connectivity index (χ0) is 15.0. The van der Waals surface area contributed by atoms with Crippen molar-refractivity contribution in [1.29, 1.82) is 0 Å². The summed E-state index contributed by atoms with van der Waals surface area (Å²) in [6, 6.07) is 8.06. The van der Waals surface area contributed by atoms with Crippen molar-refractivity contribution in [1.82, 2.24) is 9.47 Å². The van der Waals surface area contributed by atoms with Crippen LogP contribution in [0.15, 0.2) is 36.5 Å². The summed E-state index contributed by atoms with van der Waals surface area (Å²) in [5.41, 5.74) is 1.14. The maximum Gasteiger partial charge on any atom is 0.257 e.